The summed E-state index contributed by atoms with van der Waals surface area (Å²) in [5.74, 6) is 2.33. The SMILES string of the molecule is CC(=O)c1ccc(CC(C)C)cc1.CC(=O)c1ccccc1CC(C)C.CC(C)Cc1ccccc1. The second kappa shape index (κ2) is 16.6. The highest BCUT2D eigenvalue weighted by molar-refractivity contribution is 5.95. The van der Waals surface area contributed by atoms with Crippen molar-refractivity contribution in [2.75, 3.05) is 0 Å². The maximum atomic E-state index is 11.2. The van der Waals surface area contributed by atoms with Crippen molar-refractivity contribution in [3.05, 3.63) is 107 Å². The van der Waals surface area contributed by atoms with E-state index in [1.165, 1.54) is 23.1 Å². The first-order valence-corrected chi connectivity index (χ1v) is 13.2. The molecule has 2 nitrogen and oxygen atoms in total. The lowest BCUT2D eigenvalue weighted by Gasteiger charge is -2.08. The first kappa shape index (κ1) is 31.0. The standard InChI is InChI=1S/2C12H16O.C10H14/c1-9(2)8-11-4-6-12(7-5-11)10(3)13;1-9(2)8-11-6-4-5-7-12(11)10(3)13;1-9(2)8-10-6-4-3-5-7-10/h2*4-7,9H,8H2,1-3H3;3-7,9H,8H2,1-2H3. The normalized spacial score (nSPS) is 10.4. The van der Waals surface area contributed by atoms with Crippen molar-refractivity contribution in [1.82, 2.24) is 0 Å². The second-order valence-corrected chi connectivity index (χ2v) is 10.7. The van der Waals surface area contributed by atoms with Gasteiger partial charge in [0.2, 0.25) is 0 Å². The molecule has 3 rings (SSSR count). The minimum absolute atomic E-state index is 0.135. The summed E-state index contributed by atoms with van der Waals surface area (Å²) in [5.41, 5.74) is 5.59. The van der Waals surface area contributed by atoms with Gasteiger partial charge in [-0.15, -0.1) is 0 Å². The molecule has 0 unspecified atom stereocenters. The van der Waals surface area contributed by atoms with Gasteiger partial charge < -0.3 is 0 Å². The summed E-state index contributed by atoms with van der Waals surface area (Å²) in [6.45, 7) is 16.4. The average molecular weight is 487 g/mol. The fourth-order valence-corrected chi connectivity index (χ4v) is 3.91. The summed E-state index contributed by atoms with van der Waals surface area (Å²) in [4.78, 5) is 22.2. The van der Waals surface area contributed by atoms with E-state index in [1.54, 1.807) is 13.8 Å². The van der Waals surface area contributed by atoms with Crippen LogP contribution in [0.5, 0.6) is 0 Å². The first-order valence-electron chi connectivity index (χ1n) is 13.2. The predicted molar refractivity (Wildman–Crippen MR) is 155 cm³/mol. The van der Waals surface area contributed by atoms with Crippen molar-refractivity contribution in [3.63, 3.8) is 0 Å². The van der Waals surface area contributed by atoms with Crippen LogP contribution >= 0.6 is 0 Å². The fraction of sp³-hybridized carbons (Fsp3) is 0.412. The van der Waals surface area contributed by atoms with E-state index in [4.69, 9.17) is 0 Å². The van der Waals surface area contributed by atoms with Crippen LogP contribution in [0.15, 0.2) is 78.9 Å². The van der Waals surface area contributed by atoms with Crippen LogP contribution in [0.2, 0.25) is 0 Å². The molecule has 0 aliphatic carbocycles. The maximum Gasteiger partial charge on any atom is 0.160 e. The zero-order valence-corrected chi connectivity index (χ0v) is 23.7. The van der Waals surface area contributed by atoms with Crippen LogP contribution in [0.4, 0.5) is 0 Å². The van der Waals surface area contributed by atoms with Crippen molar-refractivity contribution in [2.45, 2.75) is 74.7 Å². The fourth-order valence-electron chi connectivity index (χ4n) is 3.91. The lowest BCUT2D eigenvalue weighted by Crippen LogP contribution is -2.02. The Balaban J connectivity index is 0.000000273. The van der Waals surface area contributed by atoms with Gasteiger partial charge in [0, 0.05) is 11.1 Å². The molecular weight excluding hydrogens is 440 g/mol. The van der Waals surface area contributed by atoms with E-state index in [-0.39, 0.29) is 11.6 Å². The molecule has 36 heavy (non-hydrogen) atoms. The van der Waals surface area contributed by atoms with Crippen LogP contribution in [0.25, 0.3) is 0 Å². The number of rotatable bonds is 8. The van der Waals surface area contributed by atoms with Gasteiger partial charge in [-0.3, -0.25) is 9.59 Å². The third kappa shape index (κ3) is 13.2. The van der Waals surface area contributed by atoms with E-state index in [1.807, 2.05) is 48.5 Å². The quantitative estimate of drug-likeness (QED) is 0.298. The van der Waals surface area contributed by atoms with Gasteiger partial charge in [-0.05, 0) is 67.6 Å². The van der Waals surface area contributed by atoms with Crippen LogP contribution in [0, 0.1) is 17.8 Å². The molecule has 0 fully saturated rings. The highest BCUT2D eigenvalue weighted by atomic mass is 16.1. The van der Waals surface area contributed by atoms with Crippen LogP contribution in [0.1, 0.15) is 92.8 Å². The van der Waals surface area contributed by atoms with E-state index < -0.39 is 0 Å². The van der Waals surface area contributed by atoms with Gasteiger partial charge in [0.25, 0.3) is 0 Å². The molecule has 0 aliphatic heterocycles. The zero-order chi connectivity index (χ0) is 27.1. The van der Waals surface area contributed by atoms with E-state index in [0.29, 0.717) is 11.8 Å². The molecule has 0 spiro atoms. The number of Topliss-reactive ketones (excluding diaryl/α,β-unsaturated/α-hetero) is 2. The first-order chi connectivity index (χ1) is 17.0. The van der Waals surface area contributed by atoms with Crippen molar-refractivity contribution in [3.8, 4) is 0 Å². The molecule has 3 aromatic carbocycles. The maximum absolute atomic E-state index is 11.2. The summed E-state index contributed by atoms with van der Waals surface area (Å²) in [6.07, 6.45) is 3.26. The Labute approximate surface area is 220 Å². The molecule has 0 aromatic heterocycles. The lowest BCUT2D eigenvalue weighted by atomic mass is 9.96. The smallest absolute Gasteiger partial charge is 0.160 e. The van der Waals surface area contributed by atoms with E-state index >= 15 is 0 Å². The van der Waals surface area contributed by atoms with Crippen LogP contribution in [-0.4, -0.2) is 11.6 Å². The monoisotopic (exact) mass is 486 g/mol. The number of carbonyl (C=O) groups is 2. The molecule has 0 radical (unpaired) electrons. The Morgan fingerprint density at radius 1 is 0.528 bits per heavy atom. The van der Waals surface area contributed by atoms with Crippen LogP contribution < -0.4 is 0 Å². The molecule has 0 saturated carbocycles. The summed E-state index contributed by atoms with van der Waals surface area (Å²) in [6, 6.07) is 26.3. The summed E-state index contributed by atoms with van der Waals surface area (Å²) in [5, 5.41) is 0. The van der Waals surface area contributed by atoms with Gasteiger partial charge in [-0.2, -0.15) is 0 Å². The Morgan fingerprint density at radius 2 is 0.972 bits per heavy atom. The number of hydrogen-bond acceptors (Lipinski definition) is 2. The molecule has 0 saturated heterocycles. The Morgan fingerprint density at radius 3 is 1.42 bits per heavy atom. The van der Waals surface area contributed by atoms with E-state index in [0.717, 1.165) is 29.9 Å². The second-order valence-electron chi connectivity index (χ2n) is 10.7. The summed E-state index contributed by atoms with van der Waals surface area (Å²) < 4.78 is 0. The summed E-state index contributed by atoms with van der Waals surface area (Å²) in [7, 11) is 0. The molecule has 0 aliphatic rings. The topological polar surface area (TPSA) is 34.1 Å². The van der Waals surface area contributed by atoms with E-state index in [9.17, 15) is 9.59 Å². The van der Waals surface area contributed by atoms with Crippen molar-refractivity contribution in [2.24, 2.45) is 17.8 Å². The molecule has 2 heteroatoms. The zero-order valence-electron chi connectivity index (χ0n) is 23.7. The van der Waals surface area contributed by atoms with Gasteiger partial charge in [0.15, 0.2) is 11.6 Å². The molecule has 0 N–H and O–H groups in total. The Kier molecular flexibility index (Phi) is 14.3. The molecule has 194 valence electrons. The van der Waals surface area contributed by atoms with Crippen molar-refractivity contribution in [1.29, 1.82) is 0 Å². The number of hydrogen-bond donors (Lipinski definition) is 0. The number of benzene rings is 3. The minimum atomic E-state index is 0.135. The molecule has 0 amide bonds. The van der Waals surface area contributed by atoms with Crippen LogP contribution in [0.3, 0.4) is 0 Å². The Bertz CT molecular complexity index is 1030. The highest BCUT2D eigenvalue weighted by Crippen LogP contribution is 2.14. The molecule has 0 heterocycles. The van der Waals surface area contributed by atoms with Crippen molar-refractivity contribution < 1.29 is 9.59 Å². The summed E-state index contributed by atoms with van der Waals surface area (Å²) >= 11 is 0. The average Bonchev–Trinajstić information content (AvgIpc) is 2.80. The third-order valence-electron chi connectivity index (χ3n) is 5.52. The molecule has 3 aromatic rings. The minimum Gasteiger partial charge on any atom is -0.295 e. The van der Waals surface area contributed by atoms with Gasteiger partial charge >= 0.3 is 0 Å². The van der Waals surface area contributed by atoms with E-state index in [2.05, 4.69) is 71.9 Å². The van der Waals surface area contributed by atoms with Gasteiger partial charge in [0.1, 0.15) is 0 Å². The predicted octanol–water partition coefficient (Wildman–Crippen LogP) is 9.06. The van der Waals surface area contributed by atoms with Gasteiger partial charge in [-0.1, -0.05) is 120 Å². The molecule has 0 bridgehead atoms. The van der Waals surface area contributed by atoms with Gasteiger partial charge in [0.05, 0.1) is 0 Å². The van der Waals surface area contributed by atoms with Crippen LogP contribution in [-0.2, 0) is 19.3 Å². The Hall–Kier alpha value is -3.00. The largest absolute Gasteiger partial charge is 0.295 e. The lowest BCUT2D eigenvalue weighted by molar-refractivity contribution is 0.100. The van der Waals surface area contributed by atoms with Gasteiger partial charge in [-0.25, -0.2) is 0 Å². The molecular formula is C34H46O2. The third-order valence-corrected chi connectivity index (χ3v) is 5.52. The molecule has 0 atom stereocenters. The highest BCUT2D eigenvalue weighted by Gasteiger charge is 2.07. The van der Waals surface area contributed by atoms with Crippen molar-refractivity contribution >= 4 is 11.6 Å². The number of carbonyl (C=O) groups excluding carboxylic acids is 2. The number of ketones is 2.